The summed E-state index contributed by atoms with van der Waals surface area (Å²) in [6, 6.07) is 16.5. The standard InChI is InChI=1S/C38H48N2O7/c1-7-25-22-39-14-12-26-18-34(43-3)36(45-5)20-30(26)32(39)16-28(25)17-33-31-21-37(46-6)35(44-4)19-27(31)13-15-40(33)38(41)47-23-24-8-10-29(42-2)11-9-24/h8-11,18-21,25,28,32-33H,7,12-17,22-23H2,1-6H3/p+1. The number of aliphatic hydroxyl groups is 1. The van der Waals surface area contributed by atoms with Gasteiger partial charge >= 0.3 is 6.08 Å². The van der Waals surface area contributed by atoms with Crippen LogP contribution < -0.4 is 23.7 Å². The molecule has 0 radical (unpaired) electrons. The molecule has 3 aliphatic rings. The largest absolute Gasteiger partial charge is 0.547 e. The summed E-state index contributed by atoms with van der Waals surface area (Å²) in [5.74, 6) is 4.73. The van der Waals surface area contributed by atoms with Gasteiger partial charge in [0, 0.05) is 37.5 Å². The van der Waals surface area contributed by atoms with E-state index in [2.05, 4.69) is 40.7 Å². The minimum atomic E-state index is -0.0894. The van der Waals surface area contributed by atoms with Gasteiger partial charge in [0.15, 0.2) is 35.6 Å². The van der Waals surface area contributed by atoms with Gasteiger partial charge in [-0.1, -0.05) is 25.5 Å². The van der Waals surface area contributed by atoms with Crippen LogP contribution in [0.1, 0.15) is 66.1 Å². The molecular formula is C38H49N2O7+. The van der Waals surface area contributed by atoms with Crippen LogP contribution in [0.4, 0.5) is 0 Å². The van der Waals surface area contributed by atoms with Gasteiger partial charge in [0.1, 0.15) is 12.4 Å². The van der Waals surface area contributed by atoms with Gasteiger partial charge < -0.3 is 33.5 Å². The monoisotopic (exact) mass is 645 g/mol. The van der Waals surface area contributed by atoms with E-state index in [-0.39, 0.29) is 18.7 Å². The van der Waals surface area contributed by atoms with E-state index in [4.69, 9.17) is 28.4 Å². The quantitative estimate of drug-likeness (QED) is 0.198. The Kier molecular flexibility index (Phi) is 10.0. The highest BCUT2D eigenvalue weighted by atomic mass is 16.6. The third-order valence-corrected chi connectivity index (χ3v) is 10.6. The summed E-state index contributed by atoms with van der Waals surface area (Å²) < 4.78 is 36.3. The number of hydrogen-bond donors (Lipinski definition) is 1. The van der Waals surface area contributed by atoms with Crippen LogP contribution in [0.5, 0.6) is 28.7 Å². The highest BCUT2D eigenvalue weighted by Gasteiger charge is 2.44. The van der Waals surface area contributed by atoms with Crippen molar-refractivity contribution in [3.05, 3.63) is 76.3 Å². The van der Waals surface area contributed by atoms with Gasteiger partial charge in [-0.05, 0) is 83.3 Å². The smallest absolute Gasteiger partial charge is 0.497 e. The number of piperidine rings is 1. The maximum absolute atomic E-state index is 11.5. The van der Waals surface area contributed by atoms with Gasteiger partial charge in [-0.25, -0.2) is 0 Å². The van der Waals surface area contributed by atoms with Crippen LogP contribution in [-0.4, -0.2) is 75.8 Å². The number of hydrogen-bond acceptors (Lipinski definition) is 7. The second-order valence-electron chi connectivity index (χ2n) is 12.9. The fourth-order valence-electron chi connectivity index (χ4n) is 8.01. The average molecular weight is 646 g/mol. The number of methoxy groups -OCH3 is 5. The number of benzene rings is 3. The van der Waals surface area contributed by atoms with E-state index in [1.807, 2.05) is 24.3 Å². The van der Waals surface area contributed by atoms with E-state index in [1.54, 1.807) is 35.5 Å². The predicted molar refractivity (Wildman–Crippen MR) is 181 cm³/mol. The van der Waals surface area contributed by atoms with Crippen molar-refractivity contribution in [2.24, 2.45) is 11.8 Å². The number of aliphatic hydroxyl groups excluding tert-OH is 1. The SMILES string of the molecule is CCC1CN2CCc3cc(OC)c(OC)cc3C2CC1CC1c2cc(OC)c(OC)cc2CC[N+]1=C(O)OCc1ccc(OC)cc1. The molecule has 1 fully saturated rings. The van der Waals surface area contributed by atoms with Crippen LogP contribution in [0.15, 0.2) is 48.5 Å². The molecule has 9 heteroatoms. The summed E-state index contributed by atoms with van der Waals surface area (Å²) in [6.45, 7) is 5.30. The molecule has 252 valence electrons. The van der Waals surface area contributed by atoms with Crippen LogP contribution in [0.2, 0.25) is 0 Å². The third kappa shape index (κ3) is 6.55. The third-order valence-electron chi connectivity index (χ3n) is 10.6. The topological polar surface area (TPSA) is 81.9 Å². The normalized spacial score (nSPS) is 23.1. The van der Waals surface area contributed by atoms with Crippen LogP contribution in [0.25, 0.3) is 0 Å². The molecular weight excluding hydrogens is 596 g/mol. The van der Waals surface area contributed by atoms with Crippen LogP contribution in [0, 0.1) is 11.8 Å². The van der Waals surface area contributed by atoms with Gasteiger partial charge in [-0.3, -0.25) is 4.90 Å². The molecule has 0 amide bonds. The van der Waals surface area contributed by atoms with Crippen molar-refractivity contribution in [2.75, 3.05) is 55.2 Å². The molecule has 0 saturated carbocycles. The fraction of sp³-hybridized carbons (Fsp3) is 0.500. The Labute approximate surface area is 278 Å². The lowest BCUT2D eigenvalue weighted by molar-refractivity contribution is -0.594. The van der Waals surface area contributed by atoms with Crippen molar-refractivity contribution < 1.29 is 38.1 Å². The molecule has 6 rings (SSSR count). The molecule has 0 spiro atoms. The van der Waals surface area contributed by atoms with Crippen molar-refractivity contribution in [3.63, 3.8) is 0 Å². The first-order valence-electron chi connectivity index (χ1n) is 16.7. The van der Waals surface area contributed by atoms with E-state index in [0.717, 1.165) is 79.3 Å². The summed E-state index contributed by atoms with van der Waals surface area (Å²) >= 11 is 0. The zero-order chi connectivity index (χ0) is 33.1. The van der Waals surface area contributed by atoms with E-state index in [0.29, 0.717) is 30.2 Å². The Hall–Kier alpha value is -4.11. The van der Waals surface area contributed by atoms with Crippen molar-refractivity contribution in [1.29, 1.82) is 0 Å². The van der Waals surface area contributed by atoms with Crippen LogP contribution >= 0.6 is 0 Å². The summed E-state index contributed by atoms with van der Waals surface area (Å²) in [7, 11) is 8.41. The summed E-state index contributed by atoms with van der Waals surface area (Å²) in [6.07, 6.45) is 4.73. The second kappa shape index (κ2) is 14.3. The first kappa shape index (κ1) is 32.8. The summed E-state index contributed by atoms with van der Waals surface area (Å²) in [5.41, 5.74) is 6.02. The van der Waals surface area contributed by atoms with Crippen molar-refractivity contribution in [2.45, 2.75) is 57.7 Å². The fourth-order valence-corrected chi connectivity index (χ4v) is 8.01. The highest BCUT2D eigenvalue weighted by molar-refractivity contribution is 5.59. The van der Waals surface area contributed by atoms with E-state index < -0.39 is 0 Å². The lowest BCUT2D eigenvalue weighted by atomic mass is 9.72. The molecule has 4 atom stereocenters. The molecule has 3 aliphatic heterocycles. The Morgan fingerprint density at radius 1 is 0.787 bits per heavy atom. The Balaban J connectivity index is 1.34. The van der Waals surface area contributed by atoms with Gasteiger partial charge in [0.25, 0.3) is 0 Å². The number of fused-ring (bicyclic) bond motifs is 4. The lowest BCUT2D eigenvalue weighted by Gasteiger charge is -2.47. The molecule has 3 aromatic carbocycles. The van der Waals surface area contributed by atoms with Crippen LogP contribution in [0.3, 0.4) is 0 Å². The molecule has 47 heavy (non-hydrogen) atoms. The Morgan fingerprint density at radius 3 is 2.02 bits per heavy atom. The predicted octanol–water partition coefficient (Wildman–Crippen LogP) is 6.51. The van der Waals surface area contributed by atoms with E-state index >= 15 is 0 Å². The molecule has 0 aliphatic carbocycles. The van der Waals surface area contributed by atoms with Crippen LogP contribution in [-0.2, 0) is 24.2 Å². The first-order valence-corrected chi connectivity index (χ1v) is 16.7. The number of rotatable bonds is 10. The second-order valence-corrected chi connectivity index (χ2v) is 12.9. The Morgan fingerprint density at radius 2 is 1.40 bits per heavy atom. The number of nitrogens with zero attached hydrogens (tertiary/aromatic N) is 2. The van der Waals surface area contributed by atoms with Gasteiger partial charge in [0.05, 0.1) is 35.5 Å². The van der Waals surface area contributed by atoms with E-state index in [9.17, 15) is 5.11 Å². The average Bonchev–Trinajstić information content (AvgIpc) is 3.12. The first-order chi connectivity index (χ1) is 22.9. The molecule has 3 aromatic rings. The minimum Gasteiger partial charge on any atom is -0.497 e. The zero-order valence-corrected chi connectivity index (χ0v) is 28.6. The molecule has 9 nitrogen and oxygen atoms in total. The summed E-state index contributed by atoms with van der Waals surface area (Å²) in [5, 5.41) is 11.5. The van der Waals surface area contributed by atoms with Crippen molar-refractivity contribution >= 4 is 6.08 Å². The molecule has 3 heterocycles. The van der Waals surface area contributed by atoms with Crippen molar-refractivity contribution in [3.8, 4) is 28.7 Å². The zero-order valence-electron chi connectivity index (χ0n) is 28.6. The molecule has 4 unspecified atom stereocenters. The summed E-state index contributed by atoms with van der Waals surface area (Å²) in [4.78, 5) is 2.67. The highest BCUT2D eigenvalue weighted by Crippen LogP contribution is 2.48. The lowest BCUT2D eigenvalue weighted by Crippen LogP contribution is -2.47. The van der Waals surface area contributed by atoms with Gasteiger partial charge in [-0.2, -0.15) is 4.58 Å². The molecule has 1 saturated heterocycles. The Bertz CT molecular complexity index is 1590. The molecule has 0 bridgehead atoms. The molecule has 1 N–H and O–H groups in total. The number of ether oxygens (including phenoxy) is 6. The molecule has 0 aromatic heterocycles. The van der Waals surface area contributed by atoms with Gasteiger partial charge in [-0.15, -0.1) is 0 Å². The minimum absolute atomic E-state index is 0.0448. The van der Waals surface area contributed by atoms with Crippen molar-refractivity contribution in [1.82, 2.24) is 4.90 Å². The van der Waals surface area contributed by atoms with Gasteiger partial charge in [0.2, 0.25) is 0 Å². The van der Waals surface area contributed by atoms with E-state index in [1.165, 1.54) is 16.7 Å². The maximum atomic E-state index is 11.5. The maximum Gasteiger partial charge on any atom is 0.547 e.